The predicted octanol–water partition coefficient (Wildman–Crippen LogP) is 2.13. The Morgan fingerprint density at radius 3 is 2.63 bits per heavy atom. The second-order valence-electron chi connectivity index (χ2n) is 8.80. The molecule has 30 heavy (non-hydrogen) atoms. The van der Waals surface area contributed by atoms with Crippen molar-refractivity contribution in [2.75, 3.05) is 58.3 Å². The van der Waals surface area contributed by atoms with Crippen LogP contribution >= 0.6 is 24.0 Å². The lowest BCUT2D eigenvalue weighted by Crippen LogP contribution is -2.45. The Hall–Kier alpha value is -1.13. The summed E-state index contributed by atoms with van der Waals surface area (Å²) >= 11 is 0. The SMILES string of the molecule is CN=C(NCc1ccnc(N2CCN(C)CC2)c1)NC1CCN(C2CCCC2)C1.I. The van der Waals surface area contributed by atoms with Gasteiger partial charge in [0, 0.05) is 71.1 Å². The number of nitrogens with zero attached hydrogens (tertiary/aromatic N) is 5. The largest absolute Gasteiger partial charge is 0.354 e. The van der Waals surface area contributed by atoms with E-state index in [1.54, 1.807) is 0 Å². The summed E-state index contributed by atoms with van der Waals surface area (Å²) in [5.74, 6) is 1.99. The van der Waals surface area contributed by atoms with E-state index in [0.717, 1.165) is 57.1 Å². The Morgan fingerprint density at radius 1 is 1.13 bits per heavy atom. The average molecular weight is 527 g/mol. The summed E-state index contributed by atoms with van der Waals surface area (Å²) in [5.41, 5.74) is 1.25. The van der Waals surface area contributed by atoms with Crippen LogP contribution in [-0.2, 0) is 6.54 Å². The van der Waals surface area contributed by atoms with Crippen molar-refractivity contribution in [1.82, 2.24) is 25.4 Å². The summed E-state index contributed by atoms with van der Waals surface area (Å²) in [6, 6.07) is 5.63. The number of aliphatic imine (C=N–C) groups is 1. The van der Waals surface area contributed by atoms with Crippen molar-refractivity contribution < 1.29 is 0 Å². The van der Waals surface area contributed by atoms with Gasteiger partial charge < -0.3 is 20.4 Å². The Bertz CT molecular complexity index is 684. The third-order valence-electron chi connectivity index (χ3n) is 6.72. The number of halogens is 1. The van der Waals surface area contributed by atoms with E-state index in [-0.39, 0.29) is 24.0 Å². The van der Waals surface area contributed by atoms with Crippen molar-refractivity contribution in [2.45, 2.75) is 50.7 Å². The molecule has 0 radical (unpaired) electrons. The van der Waals surface area contributed by atoms with Gasteiger partial charge in [0.15, 0.2) is 5.96 Å². The summed E-state index contributed by atoms with van der Waals surface area (Å²) in [6.45, 7) is 7.42. The minimum atomic E-state index is 0. The molecular weight excluding hydrogens is 489 g/mol. The molecule has 0 aromatic carbocycles. The number of hydrogen-bond acceptors (Lipinski definition) is 5. The molecule has 2 saturated heterocycles. The number of nitrogens with one attached hydrogen (secondary N) is 2. The molecule has 1 aliphatic carbocycles. The van der Waals surface area contributed by atoms with Gasteiger partial charge in [-0.1, -0.05) is 12.8 Å². The van der Waals surface area contributed by atoms with E-state index in [1.807, 2.05) is 13.2 Å². The molecule has 2 aliphatic heterocycles. The standard InChI is InChI=1S/C22H37N7.HI/c1-23-22(26-19-8-10-29(17-19)20-5-3-4-6-20)25-16-18-7-9-24-21(15-18)28-13-11-27(2)12-14-28;/h7,9,15,19-20H,3-6,8,10-14,16-17H2,1-2H3,(H2,23,25,26);1H. The van der Waals surface area contributed by atoms with E-state index in [1.165, 1.54) is 44.2 Å². The van der Waals surface area contributed by atoms with Crippen molar-refractivity contribution >= 4 is 35.8 Å². The molecule has 1 atom stereocenters. The first kappa shape index (κ1) is 23.5. The van der Waals surface area contributed by atoms with Gasteiger partial charge in [-0.25, -0.2) is 4.98 Å². The third kappa shape index (κ3) is 6.20. The van der Waals surface area contributed by atoms with Gasteiger partial charge in [0.1, 0.15) is 5.82 Å². The summed E-state index contributed by atoms with van der Waals surface area (Å²) in [6.07, 6.45) is 8.72. The van der Waals surface area contributed by atoms with Crippen molar-refractivity contribution in [3.8, 4) is 0 Å². The monoisotopic (exact) mass is 527 g/mol. The van der Waals surface area contributed by atoms with Crippen LogP contribution < -0.4 is 15.5 Å². The molecule has 0 bridgehead atoms. The number of rotatable bonds is 5. The molecule has 3 aliphatic rings. The summed E-state index contributed by atoms with van der Waals surface area (Å²) in [5, 5.41) is 7.14. The second kappa shape index (κ2) is 11.5. The Morgan fingerprint density at radius 2 is 1.90 bits per heavy atom. The van der Waals surface area contributed by atoms with Gasteiger partial charge >= 0.3 is 0 Å². The Balaban J connectivity index is 0.00000256. The molecule has 8 heteroatoms. The maximum absolute atomic E-state index is 4.59. The molecule has 0 amide bonds. The molecule has 1 saturated carbocycles. The molecule has 3 fully saturated rings. The van der Waals surface area contributed by atoms with Gasteiger partial charge in [-0.2, -0.15) is 0 Å². The predicted molar refractivity (Wildman–Crippen MR) is 135 cm³/mol. The first-order valence-corrected chi connectivity index (χ1v) is 11.3. The van der Waals surface area contributed by atoms with E-state index in [0.29, 0.717) is 6.04 Å². The molecule has 4 rings (SSSR count). The fourth-order valence-electron chi connectivity index (χ4n) is 4.86. The highest BCUT2D eigenvalue weighted by molar-refractivity contribution is 14.0. The number of piperazine rings is 1. The van der Waals surface area contributed by atoms with Crippen LogP contribution in [0.25, 0.3) is 0 Å². The molecule has 7 nitrogen and oxygen atoms in total. The summed E-state index contributed by atoms with van der Waals surface area (Å²) < 4.78 is 0. The van der Waals surface area contributed by atoms with Gasteiger partial charge in [0.25, 0.3) is 0 Å². The summed E-state index contributed by atoms with van der Waals surface area (Å²) in [7, 11) is 4.04. The van der Waals surface area contributed by atoms with Gasteiger partial charge in [0.05, 0.1) is 0 Å². The van der Waals surface area contributed by atoms with Crippen LogP contribution in [0.15, 0.2) is 23.3 Å². The van der Waals surface area contributed by atoms with Crippen molar-refractivity contribution in [3.63, 3.8) is 0 Å². The van der Waals surface area contributed by atoms with Crippen LogP contribution in [0.2, 0.25) is 0 Å². The first-order valence-electron chi connectivity index (χ1n) is 11.3. The smallest absolute Gasteiger partial charge is 0.191 e. The van der Waals surface area contributed by atoms with Crippen LogP contribution in [0.1, 0.15) is 37.7 Å². The topological polar surface area (TPSA) is 59.0 Å². The molecule has 1 aromatic rings. The third-order valence-corrected chi connectivity index (χ3v) is 6.72. The number of likely N-dealkylation sites (tertiary alicyclic amines) is 1. The Labute approximate surface area is 198 Å². The number of hydrogen-bond donors (Lipinski definition) is 2. The van der Waals surface area contributed by atoms with Crippen LogP contribution in [0.4, 0.5) is 5.82 Å². The lowest BCUT2D eigenvalue weighted by Gasteiger charge is -2.33. The number of aromatic nitrogens is 1. The highest BCUT2D eigenvalue weighted by Crippen LogP contribution is 2.26. The van der Waals surface area contributed by atoms with Crippen LogP contribution in [0, 0.1) is 0 Å². The Kier molecular flexibility index (Phi) is 9.00. The normalized spacial score (nSPS) is 24.1. The highest BCUT2D eigenvalue weighted by Gasteiger charge is 2.30. The van der Waals surface area contributed by atoms with Gasteiger partial charge in [-0.15, -0.1) is 24.0 Å². The second-order valence-corrected chi connectivity index (χ2v) is 8.80. The lowest BCUT2D eigenvalue weighted by atomic mass is 10.2. The molecule has 1 aromatic heterocycles. The fourth-order valence-corrected chi connectivity index (χ4v) is 4.86. The number of likely N-dealkylation sites (N-methyl/N-ethyl adjacent to an activating group) is 1. The zero-order valence-electron chi connectivity index (χ0n) is 18.5. The molecular formula is C22H38IN7. The lowest BCUT2D eigenvalue weighted by molar-refractivity contribution is 0.242. The minimum Gasteiger partial charge on any atom is -0.354 e. The zero-order chi connectivity index (χ0) is 20.1. The fraction of sp³-hybridized carbons (Fsp3) is 0.727. The van der Waals surface area contributed by atoms with Crippen molar-refractivity contribution in [2.24, 2.45) is 4.99 Å². The van der Waals surface area contributed by atoms with Crippen molar-refractivity contribution in [1.29, 1.82) is 0 Å². The zero-order valence-corrected chi connectivity index (χ0v) is 20.8. The first-order chi connectivity index (χ1) is 14.2. The molecule has 168 valence electrons. The van der Waals surface area contributed by atoms with E-state index < -0.39 is 0 Å². The molecule has 0 spiro atoms. The van der Waals surface area contributed by atoms with Gasteiger partial charge in [0.2, 0.25) is 0 Å². The molecule has 1 unspecified atom stereocenters. The maximum atomic E-state index is 4.59. The quantitative estimate of drug-likeness (QED) is 0.348. The van der Waals surface area contributed by atoms with E-state index >= 15 is 0 Å². The van der Waals surface area contributed by atoms with Gasteiger partial charge in [-0.05, 0) is 44.0 Å². The van der Waals surface area contributed by atoms with E-state index in [4.69, 9.17) is 0 Å². The number of pyridine rings is 1. The number of guanidine groups is 1. The molecule has 2 N–H and O–H groups in total. The van der Waals surface area contributed by atoms with Crippen LogP contribution in [0.5, 0.6) is 0 Å². The number of anilines is 1. The van der Waals surface area contributed by atoms with E-state index in [9.17, 15) is 0 Å². The molecule has 3 heterocycles. The maximum Gasteiger partial charge on any atom is 0.191 e. The van der Waals surface area contributed by atoms with E-state index in [2.05, 4.69) is 54.5 Å². The van der Waals surface area contributed by atoms with Gasteiger partial charge in [-0.3, -0.25) is 9.89 Å². The summed E-state index contributed by atoms with van der Waals surface area (Å²) in [4.78, 5) is 16.5. The van der Waals surface area contributed by atoms with Crippen LogP contribution in [-0.4, -0.2) is 86.2 Å². The van der Waals surface area contributed by atoms with Crippen LogP contribution in [0.3, 0.4) is 0 Å². The highest BCUT2D eigenvalue weighted by atomic mass is 127. The average Bonchev–Trinajstić information content (AvgIpc) is 3.44. The van der Waals surface area contributed by atoms with Crippen molar-refractivity contribution in [3.05, 3.63) is 23.9 Å². The minimum absolute atomic E-state index is 0.